The summed E-state index contributed by atoms with van der Waals surface area (Å²) < 4.78 is 12.9. The number of hydrogen-bond donors (Lipinski definition) is 0. The fourth-order valence-electron chi connectivity index (χ4n) is 8.71. The molecule has 280 valence electrons. The fraction of sp³-hybridized carbons (Fsp3) is 0. The summed E-state index contributed by atoms with van der Waals surface area (Å²) >= 11 is 0. The number of hydrogen-bond acceptors (Lipinski definition) is 5. The Kier molecular flexibility index (Phi) is 7.78. The Balaban J connectivity index is 1.13. The van der Waals surface area contributed by atoms with E-state index in [0.717, 1.165) is 88.4 Å². The van der Waals surface area contributed by atoms with Crippen LogP contribution in [-0.2, 0) is 0 Å². The highest BCUT2D eigenvalue weighted by atomic mass is 16.3. The van der Waals surface area contributed by atoms with Crippen molar-refractivity contribution in [3.63, 3.8) is 0 Å². The lowest BCUT2D eigenvalue weighted by molar-refractivity contribution is 0.668. The molecule has 60 heavy (non-hydrogen) atoms. The van der Waals surface area contributed by atoms with E-state index in [2.05, 4.69) is 146 Å². The summed E-state index contributed by atoms with van der Waals surface area (Å²) in [6, 6.07) is 69.3. The Morgan fingerprint density at radius 1 is 0.267 bits per heavy atom. The second-order valence-electron chi connectivity index (χ2n) is 15.1. The number of furan rings is 2. The van der Waals surface area contributed by atoms with Crippen LogP contribution in [0.3, 0.4) is 0 Å². The number of nitrogens with zero attached hydrogens (tertiary/aromatic N) is 3. The Hall–Kier alpha value is -8.15. The summed E-state index contributed by atoms with van der Waals surface area (Å²) in [7, 11) is 0. The van der Waals surface area contributed by atoms with E-state index in [-0.39, 0.29) is 0 Å². The highest BCUT2D eigenvalue weighted by Gasteiger charge is 2.22. The standard InChI is InChI=1S/C55H33N3O2/c1-3-15-34(16-4-1)39-30-36-19-7-8-22-41(36)45(31-39)37-20-13-21-38(29-37)53-56-54(44-25-14-28-49-51(44)42-23-9-11-26-47(42)59-49)58-55(57-53)46-32-40(35-17-5-2-6-18-35)33-50-52(46)43-24-10-12-27-48(43)60-50/h1-33H. The smallest absolute Gasteiger partial charge is 0.164 e. The zero-order valence-corrected chi connectivity index (χ0v) is 32.2. The zero-order valence-electron chi connectivity index (χ0n) is 32.2. The lowest BCUT2D eigenvalue weighted by atomic mass is 9.92. The van der Waals surface area contributed by atoms with E-state index < -0.39 is 0 Å². The van der Waals surface area contributed by atoms with E-state index in [1.165, 1.54) is 16.3 Å². The first-order valence-electron chi connectivity index (χ1n) is 20.1. The molecular weight excluding hydrogens is 735 g/mol. The third-order valence-corrected chi connectivity index (χ3v) is 11.5. The average Bonchev–Trinajstić information content (AvgIpc) is 3.90. The molecule has 9 aromatic carbocycles. The molecule has 0 unspecified atom stereocenters. The fourth-order valence-corrected chi connectivity index (χ4v) is 8.71. The van der Waals surface area contributed by atoms with Crippen molar-refractivity contribution < 1.29 is 8.83 Å². The molecule has 0 saturated carbocycles. The minimum Gasteiger partial charge on any atom is -0.456 e. The van der Waals surface area contributed by atoms with Gasteiger partial charge in [-0.05, 0) is 92.7 Å². The molecule has 0 radical (unpaired) electrons. The van der Waals surface area contributed by atoms with Crippen LogP contribution in [0.5, 0.6) is 0 Å². The molecule has 3 aromatic heterocycles. The summed E-state index contributed by atoms with van der Waals surface area (Å²) in [5.74, 6) is 1.67. The molecule has 0 amide bonds. The van der Waals surface area contributed by atoms with Crippen molar-refractivity contribution in [1.29, 1.82) is 0 Å². The number of fused-ring (bicyclic) bond motifs is 7. The predicted molar refractivity (Wildman–Crippen MR) is 245 cm³/mol. The lowest BCUT2D eigenvalue weighted by Crippen LogP contribution is -2.01. The largest absolute Gasteiger partial charge is 0.456 e. The molecule has 0 spiro atoms. The van der Waals surface area contributed by atoms with Gasteiger partial charge >= 0.3 is 0 Å². The van der Waals surface area contributed by atoms with Crippen molar-refractivity contribution in [2.75, 3.05) is 0 Å². The van der Waals surface area contributed by atoms with Crippen LogP contribution in [0.1, 0.15) is 0 Å². The van der Waals surface area contributed by atoms with Gasteiger partial charge in [-0.3, -0.25) is 0 Å². The number of benzene rings is 9. The first-order valence-corrected chi connectivity index (χ1v) is 20.1. The van der Waals surface area contributed by atoms with E-state index in [1.54, 1.807) is 0 Å². The third kappa shape index (κ3) is 5.67. The maximum Gasteiger partial charge on any atom is 0.164 e. The van der Waals surface area contributed by atoms with Crippen LogP contribution < -0.4 is 0 Å². The van der Waals surface area contributed by atoms with Crippen molar-refractivity contribution in [2.24, 2.45) is 0 Å². The number of para-hydroxylation sites is 2. The second kappa shape index (κ2) is 13.8. The van der Waals surface area contributed by atoms with Gasteiger partial charge in [0.05, 0.1) is 0 Å². The summed E-state index contributed by atoms with van der Waals surface area (Å²) in [4.78, 5) is 16.1. The maximum atomic E-state index is 6.56. The van der Waals surface area contributed by atoms with Crippen LogP contribution in [0.15, 0.2) is 209 Å². The SMILES string of the molecule is c1ccc(-c2cc(-c3cccc(-c4nc(-c5cccc6oc7ccccc7c56)nc(-c5cc(-c6ccccc6)cc6oc7ccccc7c56)n4)c3)c3ccccc3c2)cc1. The quantitative estimate of drug-likeness (QED) is 0.169. The molecule has 0 atom stereocenters. The molecule has 3 heterocycles. The molecule has 12 aromatic rings. The first-order chi connectivity index (χ1) is 29.7. The molecule has 12 rings (SSSR count). The summed E-state index contributed by atoms with van der Waals surface area (Å²) in [6.07, 6.45) is 0. The molecule has 5 heteroatoms. The van der Waals surface area contributed by atoms with E-state index in [1.807, 2.05) is 54.6 Å². The Morgan fingerprint density at radius 2 is 0.767 bits per heavy atom. The molecule has 0 saturated heterocycles. The Labute approximate surface area is 344 Å². The lowest BCUT2D eigenvalue weighted by Gasteiger charge is -2.14. The molecular formula is C55H33N3O2. The van der Waals surface area contributed by atoms with Crippen molar-refractivity contribution in [3.8, 4) is 67.5 Å². The topological polar surface area (TPSA) is 65.0 Å². The molecule has 0 aliphatic rings. The Morgan fingerprint density at radius 3 is 1.50 bits per heavy atom. The van der Waals surface area contributed by atoms with Crippen LogP contribution in [-0.4, -0.2) is 15.0 Å². The highest BCUT2D eigenvalue weighted by molar-refractivity contribution is 6.14. The highest BCUT2D eigenvalue weighted by Crippen LogP contribution is 2.42. The normalized spacial score (nSPS) is 11.7. The minimum atomic E-state index is 0.552. The summed E-state index contributed by atoms with van der Waals surface area (Å²) in [6.45, 7) is 0. The van der Waals surface area contributed by atoms with Gasteiger partial charge in [-0.25, -0.2) is 15.0 Å². The molecule has 5 nitrogen and oxygen atoms in total. The number of aromatic nitrogens is 3. The summed E-state index contributed by atoms with van der Waals surface area (Å²) in [5.41, 5.74) is 12.4. The third-order valence-electron chi connectivity index (χ3n) is 11.5. The van der Waals surface area contributed by atoms with E-state index in [0.29, 0.717) is 17.5 Å². The molecule has 0 fully saturated rings. The van der Waals surface area contributed by atoms with Gasteiger partial charge in [0.1, 0.15) is 22.3 Å². The first kappa shape index (κ1) is 33.9. The molecule has 0 N–H and O–H groups in total. The van der Waals surface area contributed by atoms with Gasteiger partial charge in [-0.2, -0.15) is 0 Å². The van der Waals surface area contributed by atoms with Gasteiger partial charge < -0.3 is 8.83 Å². The van der Waals surface area contributed by atoms with Crippen LogP contribution in [0.4, 0.5) is 0 Å². The predicted octanol–water partition coefficient (Wildman–Crippen LogP) is 14.8. The zero-order chi connectivity index (χ0) is 39.6. The monoisotopic (exact) mass is 767 g/mol. The van der Waals surface area contributed by atoms with Crippen molar-refractivity contribution in [1.82, 2.24) is 15.0 Å². The van der Waals surface area contributed by atoms with Crippen molar-refractivity contribution >= 4 is 54.6 Å². The number of rotatable bonds is 6. The van der Waals surface area contributed by atoms with Crippen LogP contribution in [0.25, 0.3) is 122 Å². The van der Waals surface area contributed by atoms with Gasteiger partial charge in [-0.1, -0.05) is 152 Å². The van der Waals surface area contributed by atoms with Crippen LogP contribution in [0, 0.1) is 0 Å². The van der Waals surface area contributed by atoms with Gasteiger partial charge in [-0.15, -0.1) is 0 Å². The second-order valence-corrected chi connectivity index (χ2v) is 15.1. The Bertz CT molecular complexity index is 3610. The van der Waals surface area contributed by atoms with E-state index in [9.17, 15) is 0 Å². The maximum absolute atomic E-state index is 6.56. The molecule has 0 aliphatic carbocycles. The average molecular weight is 768 g/mol. The van der Waals surface area contributed by atoms with E-state index >= 15 is 0 Å². The van der Waals surface area contributed by atoms with Crippen LogP contribution >= 0.6 is 0 Å². The molecule has 0 bridgehead atoms. The summed E-state index contributed by atoms with van der Waals surface area (Å²) in [5, 5.41) is 6.29. The van der Waals surface area contributed by atoms with Crippen molar-refractivity contribution in [3.05, 3.63) is 200 Å². The van der Waals surface area contributed by atoms with Gasteiger partial charge in [0.2, 0.25) is 0 Å². The van der Waals surface area contributed by atoms with Gasteiger partial charge in [0, 0.05) is 38.2 Å². The van der Waals surface area contributed by atoms with Crippen LogP contribution in [0.2, 0.25) is 0 Å². The van der Waals surface area contributed by atoms with Crippen molar-refractivity contribution in [2.45, 2.75) is 0 Å². The van der Waals surface area contributed by atoms with Gasteiger partial charge in [0.25, 0.3) is 0 Å². The molecule has 0 aliphatic heterocycles. The minimum absolute atomic E-state index is 0.552. The van der Waals surface area contributed by atoms with E-state index in [4.69, 9.17) is 23.8 Å². The van der Waals surface area contributed by atoms with Gasteiger partial charge in [0.15, 0.2) is 17.5 Å².